The highest BCUT2D eigenvalue weighted by Gasteiger charge is 2.02. The topological polar surface area (TPSA) is 48.7 Å². The Bertz CT molecular complexity index is 585. The highest BCUT2D eigenvalue weighted by molar-refractivity contribution is 5.50. The summed E-state index contributed by atoms with van der Waals surface area (Å²) < 4.78 is 13.1. The minimum atomic E-state index is -0.500. The molecular formula is C14H12FN3. The average Bonchev–Trinajstić information content (AvgIpc) is 2.39. The molecule has 1 heterocycles. The lowest BCUT2D eigenvalue weighted by molar-refractivity contribution is 0.624. The first-order chi connectivity index (χ1) is 8.69. The Morgan fingerprint density at radius 2 is 2.17 bits per heavy atom. The first kappa shape index (κ1) is 12.1. The fraction of sp³-hybridized carbons (Fsp3) is 0.143. The molecule has 0 aliphatic rings. The molecule has 0 aliphatic carbocycles. The van der Waals surface area contributed by atoms with Crippen LogP contribution in [0.4, 0.5) is 10.1 Å². The van der Waals surface area contributed by atoms with Crippen molar-refractivity contribution in [1.82, 2.24) is 4.98 Å². The van der Waals surface area contributed by atoms with Gasteiger partial charge in [0.05, 0.1) is 5.56 Å². The largest absolute Gasteiger partial charge is 0.381 e. The molecule has 0 radical (unpaired) electrons. The van der Waals surface area contributed by atoms with Crippen LogP contribution in [-0.2, 0) is 6.54 Å². The first-order valence-electron chi connectivity index (χ1n) is 5.54. The maximum atomic E-state index is 13.1. The predicted molar refractivity (Wildman–Crippen MR) is 67.4 cm³/mol. The van der Waals surface area contributed by atoms with E-state index in [-0.39, 0.29) is 5.56 Å². The van der Waals surface area contributed by atoms with Gasteiger partial charge in [0.15, 0.2) is 0 Å². The van der Waals surface area contributed by atoms with Crippen molar-refractivity contribution in [2.24, 2.45) is 0 Å². The van der Waals surface area contributed by atoms with E-state index in [2.05, 4.69) is 10.3 Å². The van der Waals surface area contributed by atoms with Crippen LogP contribution >= 0.6 is 0 Å². The van der Waals surface area contributed by atoms with E-state index in [0.717, 1.165) is 11.3 Å². The number of nitriles is 1. The number of nitrogens with one attached hydrogen (secondary N) is 1. The van der Waals surface area contributed by atoms with Gasteiger partial charge in [-0.2, -0.15) is 5.26 Å². The van der Waals surface area contributed by atoms with Crippen molar-refractivity contribution in [3.05, 3.63) is 59.2 Å². The summed E-state index contributed by atoms with van der Waals surface area (Å²) >= 11 is 0. The molecule has 0 aliphatic heterocycles. The zero-order chi connectivity index (χ0) is 13.0. The van der Waals surface area contributed by atoms with E-state index in [1.165, 1.54) is 12.1 Å². The summed E-state index contributed by atoms with van der Waals surface area (Å²) in [6, 6.07) is 10.1. The molecule has 18 heavy (non-hydrogen) atoms. The van der Waals surface area contributed by atoms with Gasteiger partial charge in [-0.25, -0.2) is 4.39 Å². The van der Waals surface area contributed by atoms with E-state index in [4.69, 9.17) is 5.26 Å². The standard InChI is InChI=1S/C14H12FN3/c1-10-2-3-11(8-17-10)9-18-13-4-5-14(15)12(6-13)7-16/h2-6,8,18H,9H2,1H3. The fourth-order valence-corrected chi connectivity index (χ4v) is 1.53. The van der Waals surface area contributed by atoms with Gasteiger partial charge in [-0.05, 0) is 36.8 Å². The van der Waals surface area contributed by atoms with Gasteiger partial charge in [0.25, 0.3) is 0 Å². The number of hydrogen-bond donors (Lipinski definition) is 1. The normalized spacial score (nSPS) is 9.83. The van der Waals surface area contributed by atoms with Crippen LogP contribution in [0.2, 0.25) is 0 Å². The van der Waals surface area contributed by atoms with Crippen LogP contribution in [0.15, 0.2) is 36.5 Å². The van der Waals surface area contributed by atoms with Crippen LogP contribution < -0.4 is 5.32 Å². The van der Waals surface area contributed by atoms with Gasteiger partial charge < -0.3 is 5.32 Å². The third-order valence-corrected chi connectivity index (χ3v) is 2.56. The number of aromatic nitrogens is 1. The van der Waals surface area contributed by atoms with E-state index in [0.29, 0.717) is 12.2 Å². The molecule has 0 fully saturated rings. The number of halogens is 1. The van der Waals surface area contributed by atoms with E-state index in [1.54, 1.807) is 12.3 Å². The summed E-state index contributed by atoms with van der Waals surface area (Å²) in [5.74, 6) is -0.500. The zero-order valence-corrected chi connectivity index (χ0v) is 9.94. The van der Waals surface area contributed by atoms with E-state index in [9.17, 15) is 4.39 Å². The smallest absolute Gasteiger partial charge is 0.141 e. The van der Waals surface area contributed by atoms with Gasteiger partial charge in [0, 0.05) is 24.1 Å². The first-order valence-corrected chi connectivity index (χ1v) is 5.54. The Labute approximate surface area is 105 Å². The molecule has 0 saturated carbocycles. The van der Waals surface area contributed by atoms with Gasteiger partial charge in [-0.1, -0.05) is 6.07 Å². The summed E-state index contributed by atoms with van der Waals surface area (Å²) in [5, 5.41) is 11.9. The average molecular weight is 241 g/mol. The SMILES string of the molecule is Cc1ccc(CNc2ccc(F)c(C#N)c2)cn1. The molecule has 3 nitrogen and oxygen atoms in total. The Balaban J connectivity index is 2.06. The van der Waals surface area contributed by atoms with Crippen molar-refractivity contribution in [2.75, 3.05) is 5.32 Å². The number of hydrogen-bond acceptors (Lipinski definition) is 3. The summed E-state index contributed by atoms with van der Waals surface area (Å²) in [6.07, 6.45) is 1.79. The van der Waals surface area contributed by atoms with Gasteiger partial charge in [-0.3, -0.25) is 4.98 Å². The number of aryl methyl sites for hydroxylation is 1. The molecule has 2 rings (SSSR count). The Kier molecular flexibility index (Phi) is 3.54. The molecule has 2 aromatic rings. The molecule has 90 valence electrons. The molecular weight excluding hydrogens is 229 g/mol. The van der Waals surface area contributed by atoms with Gasteiger partial charge in [-0.15, -0.1) is 0 Å². The van der Waals surface area contributed by atoms with Crippen molar-refractivity contribution >= 4 is 5.69 Å². The lowest BCUT2D eigenvalue weighted by Crippen LogP contribution is -2.00. The van der Waals surface area contributed by atoms with E-state index >= 15 is 0 Å². The number of anilines is 1. The van der Waals surface area contributed by atoms with Crippen LogP contribution in [0.25, 0.3) is 0 Å². The summed E-state index contributed by atoms with van der Waals surface area (Å²) in [4.78, 5) is 4.19. The lowest BCUT2D eigenvalue weighted by atomic mass is 10.2. The second kappa shape index (κ2) is 5.28. The minimum absolute atomic E-state index is 0.0435. The monoisotopic (exact) mass is 241 g/mol. The molecule has 1 aromatic carbocycles. The Hall–Kier alpha value is -2.41. The minimum Gasteiger partial charge on any atom is -0.381 e. The van der Waals surface area contributed by atoms with Crippen molar-refractivity contribution in [3.63, 3.8) is 0 Å². The van der Waals surface area contributed by atoms with Crippen LogP contribution in [0.3, 0.4) is 0 Å². The van der Waals surface area contributed by atoms with E-state index < -0.39 is 5.82 Å². The molecule has 0 unspecified atom stereocenters. The van der Waals surface area contributed by atoms with Crippen molar-refractivity contribution in [1.29, 1.82) is 5.26 Å². The molecule has 1 N–H and O–H groups in total. The summed E-state index contributed by atoms with van der Waals surface area (Å²) in [6.45, 7) is 2.51. The van der Waals surface area contributed by atoms with Crippen molar-refractivity contribution in [3.8, 4) is 6.07 Å². The third-order valence-electron chi connectivity index (χ3n) is 2.56. The summed E-state index contributed by atoms with van der Waals surface area (Å²) in [5.41, 5.74) is 2.76. The van der Waals surface area contributed by atoms with Crippen LogP contribution in [0.1, 0.15) is 16.8 Å². The lowest BCUT2D eigenvalue weighted by Gasteiger charge is -2.07. The van der Waals surface area contributed by atoms with E-state index in [1.807, 2.05) is 25.1 Å². The molecule has 4 heteroatoms. The van der Waals surface area contributed by atoms with Crippen LogP contribution in [0, 0.1) is 24.1 Å². The predicted octanol–water partition coefficient (Wildman–Crippen LogP) is 3.01. The molecule has 0 saturated heterocycles. The molecule has 0 spiro atoms. The quantitative estimate of drug-likeness (QED) is 0.898. The van der Waals surface area contributed by atoms with Crippen molar-refractivity contribution in [2.45, 2.75) is 13.5 Å². The van der Waals surface area contributed by atoms with Gasteiger partial charge in [0.1, 0.15) is 11.9 Å². The highest BCUT2D eigenvalue weighted by Crippen LogP contribution is 2.14. The Morgan fingerprint density at radius 3 is 2.83 bits per heavy atom. The number of rotatable bonds is 3. The second-order valence-corrected chi connectivity index (χ2v) is 3.97. The summed E-state index contributed by atoms with van der Waals surface area (Å²) in [7, 11) is 0. The highest BCUT2D eigenvalue weighted by atomic mass is 19.1. The number of benzene rings is 1. The third kappa shape index (κ3) is 2.83. The van der Waals surface area contributed by atoms with Crippen LogP contribution in [-0.4, -0.2) is 4.98 Å². The van der Waals surface area contributed by atoms with Gasteiger partial charge >= 0.3 is 0 Å². The molecule has 0 bridgehead atoms. The second-order valence-electron chi connectivity index (χ2n) is 3.97. The number of pyridine rings is 1. The molecule has 1 aromatic heterocycles. The zero-order valence-electron chi connectivity index (χ0n) is 9.94. The van der Waals surface area contributed by atoms with Gasteiger partial charge in [0.2, 0.25) is 0 Å². The fourth-order valence-electron chi connectivity index (χ4n) is 1.53. The molecule has 0 amide bonds. The van der Waals surface area contributed by atoms with Crippen molar-refractivity contribution < 1.29 is 4.39 Å². The van der Waals surface area contributed by atoms with Crippen LogP contribution in [0.5, 0.6) is 0 Å². The maximum Gasteiger partial charge on any atom is 0.141 e. The number of nitrogens with zero attached hydrogens (tertiary/aromatic N) is 2. The molecule has 0 atom stereocenters. The maximum absolute atomic E-state index is 13.1. The Morgan fingerprint density at radius 1 is 1.33 bits per heavy atom.